The van der Waals surface area contributed by atoms with Crippen molar-refractivity contribution >= 4 is 22.0 Å². The van der Waals surface area contributed by atoms with Crippen molar-refractivity contribution < 1.29 is 14.3 Å². The summed E-state index contributed by atoms with van der Waals surface area (Å²) in [5.74, 6) is -0.149. The van der Waals surface area contributed by atoms with Crippen molar-refractivity contribution in [3.63, 3.8) is 0 Å². The maximum atomic E-state index is 11.6. The highest BCUT2D eigenvalue weighted by molar-refractivity contribution is 8.26. The van der Waals surface area contributed by atoms with E-state index in [1.54, 1.807) is 0 Å². The molecule has 0 N–H and O–H groups in total. The van der Waals surface area contributed by atoms with E-state index in [2.05, 4.69) is 0 Å². The first kappa shape index (κ1) is 8.00. The van der Waals surface area contributed by atoms with E-state index in [1.165, 1.54) is 0 Å². The minimum Gasteiger partial charge on any atom is -0.373 e. The highest BCUT2D eigenvalue weighted by atomic mass is 32.2. The monoisotopic (exact) mass is 198 g/mol. The normalized spacial score (nSPS) is 53.2. The van der Waals surface area contributed by atoms with Gasteiger partial charge in [0, 0.05) is 0 Å². The van der Waals surface area contributed by atoms with Gasteiger partial charge in [0.15, 0.2) is 0 Å². The Morgan fingerprint density at radius 2 is 2.23 bits per heavy atom. The van der Waals surface area contributed by atoms with Crippen molar-refractivity contribution in [3.05, 3.63) is 0 Å². The lowest BCUT2D eigenvalue weighted by Crippen LogP contribution is -2.40. The minimum absolute atomic E-state index is 0.00829. The van der Waals surface area contributed by atoms with Crippen molar-refractivity contribution in [2.75, 3.05) is 0 Å². The lowest BCUT2D eigenvalue weighted by atomic mass is 9.69. The Bertz CT molecular complexity index is 314. The highest BCUT2D eigenvalue weighted by Gasteiger charge is 2.67. The van der Waals surface area contributed by atoms with E-state index < -0.39 is 5.41 Å². The van der Waals surface area contributed by atoms with Crippen LogP contribution in [0.2, 0.25) is 0 Å². The van der Waals surface area contributed by atoms with Crippen molar-refractivity contribution in [2.45, 2.75) is 32.0 Å². The maximum Gasteiger partial charge on any atom is 0.205 e. The van der Waals surface area contributed by atoms with Gasteiger partial charge in [-0.05, 0) is 31.5 Å². The van der Waals surface area contributed by atoms with Gasteiger partial charge in [-0.1, -0.05) is 0 Å². The second-order valence-electron chi connectivity index (χ2n) is 4.21. The smallest absolute Gasteiger partial charge is 0.205 e. The molecule has 1 unspecified atom stereocenters. The minimum atomic E-state index is -0.495. The average molecular weight is 198 g/mol. The van der Waals surface area contributed by atoms with Crippen molar-refractivity contribution in [2.24, 2.45) is 11.3 Å². The lowest BCUT2D eigenvalue weighted by molar-refractivity contribution is -0.125. The standard InChI is InChI=1S/C9H10O3S/c1-9-5-3-2-4(12-5)6(9)7(10)13-8(9)11/h4-6H,2-3H2,1H3/t4-,5+,6?,9+/m1/s1. The van der Waals surface area contributed by atoms with Crippen LogP contribution in [-0.4, -0.2) is 22.4 Å². The first-order valence-electron chi connectivity index (χ1n) is 4.55. The van der Waals surface area contributed by atoms with E-state index in [9.17, 15) is 9.59 Å². The summed E-state index contributed by atoms with van der Waals surface area (Å²) in [7, 11) is 0. The molecule has 13 heavy (non-hydrogen) atoms. The third-order valence-electron chi connectivity index (χ3n) is 3.63. The Morgan fingerprint density at radius 1 is 1.46 bits per heavy atom. The predicted molar refractivity (Wildman–Crippen MR) is 47.1 cm³/mol. The Balaban J connectivity index is 2.12. The largest absolute Gasteiger partial charge is 0.373 e. The maximum absolute atomic E-state index is 11.6. The molecule has 3 rings (SSSR count). The molecule has 70 valence electrons. The van der Waals surface area contributed by atoms with E-state index in [-0.39, 0.29) is 28.4 Å². The summed E-state index contributed by atoms with van der Waals surface area (Å²) >= 11 is 0.901. The number of ether oxygens (including phenoxy) is 1. The molecular formula is C9H10O3S. The number of thioether (sulfide) groups is 1. The molecule has 0 aromatic heterocycles. The Labute approximate surface area is 80.2 Å². The van der Waals surface area contributed by atoms with Crippen LogP contribution in [0.3, 0.4) is 0 Å². The Hall–Kier alpha value is -0.350. The van der Waals surface area contributed by atoms with E-state index >= 15 is 0 Å². The number of rotatable bonds is 0. The molecule has 3 fully saturated rings. The number of hydrogen-bond donors (Lipinski definition) is 0. The van der Waals surface area contributed by atoms with Crippen LogP contribution in [-0.2, 0) is 14.3 Å². The first-order valence-corrected chi connectivity index (χ1v) is 5.37. The average Bonchev–Trinajstić information content (AvgIpc) is 2.66. The third-order valence-corrected chi connectivity index (χ3v) is 4.71. The molecule has 0 saturated carbocycles. The molecule has 0 radical (unpaired) electrons. The van der Waals surface area contributed by atoms with Gasteiger partial charge in [0.25, 0.3) is 0 Å². The molecule has 3 aliphatic rings. The van der Waals surface area contributed by atoms with Crippen LogP contribution in [0.25, 0.3) is 0 Å². The van der Waals surface area contributed by atoms with Crippen molar-refractivity contribution in [1.82, 2.24) is 0 Å². The van der Waals surface area contributed by atoms with E-state index in [4.69, 9.17) is 4.74 Å². The first-order chi connectivity index (χ1) is 6.14. The van der Waals surface area contributed by atoms with E-state index in [1.807, 2.05) is 6.92 Å². The highest BCUT2D eigenvalue weighted by Crippen LogP contribution is 2.59. The van der Waals surface area contributed by atoms with Gasteiger partial charge in [-0.15, -0.1) is 0 Å². The summed E-state index contributed by atoms with van der Waals surface area (Å²) in [5.41, 5.74) is -0.495. The molecule has 0 spiro atoms. The van der Waals surface area contributed by atoms with Crippen LogP contribution in [0, 0.1) is 11.3 Å². The fraction of sp³-hybridized carbons (Fsp3) is 0.778. The van der Waals surface area contributed by atoms with Crippen LogP contribution in [0.1, 0.15) is 19.8 Å². The molecule has 3 nitrogen and oxygen atoms in total. The van der Waals surface area contributed by atoms with Crippen LogP contribution < -0.4 is 0 Å². The lowest BCUT2D eigenvalue weighted by Gasteiger charge is -2.28. The Morgan fingerprint density at radius 3 is 2.92 bits per heavy atom. The van der Waals surface area contributed by atoms with Gasteiger partial charge >= 0.3 is 0 Å². The van der Waals surface area contributed by atoms with Crippen LogP contribution in [0.5, 0.6) is 0 Å². The van der Waals surface area contributed by atoms with Gasteiger partial charge in [-0.3, -0.25) is 9.59 Å². The van der Waals surface area contributed by atoms with E-state index in [0.717, 1.165) is 24.6 Å². The summed E-state index contributed by atoms with van der Waals surface area (Å²) in [5, 5.41) is 0.0504. The van der Waals surface area contributed by atoms with Gasteiger partial charge in [0.1, 0.15) is 0 Å². The van der Waals surface area contributed by atoms with Crippen LogP contribution >= 0.6 is 11.8 Å². The molecule has 4 heteroatoms. The predicted octanol–water partition coefficient (Wildman–Crippen LogP) is 0.970. The molecule has 3 heterocycles. The fourth-order valence-electron chi connectivity index (χ4n) is 2.86. The van der Waals surface area contributed by atoms with Gasteiger partial charge in [0.2, 0.25) is 10.2 Å². The molecular weight excluding hydrogens is 188 g/mol. The Kier molecular flexibility index (Phi) is 1.34. The van der Waals surface area contributed by atoms with Gasteiger partial charge in [-0.25, -0.2) is 0 Å². The van der Waals surface area contributed by atoms with Gasteiger partial charge < -0.3 is 4.74 Å². The molecule has 0 aromatic rings. The number of fused-ring (bicyclic) bond motifs is 5. The topological polar surface area (TPSA) is 43.4 Å². The fourth-order valence-corrected chi connectivity index (χ4v) is 4.04. The molecule has 0 amide bonds. The number of carbonyl (C=O) groups excluding carboxylic acids is 2. The zero-order chi connectivity index (χ0) is 9.22. The SMILES string of the molecule is C[C@@]12C(=O)SC(=O)C1[C@H]1CC[C@@H]2O1. The van der Waals surface area contributed by atoms with E-state index in [0.29, 0.717) is 0 Å². The summed E-state index contributed by atoms with van der Waals surface area (Å²) in [6.07, 6.45) is 1.93. The zero-order valence-electron chi connectivity index (χ0n) is 7.28. The van der Waals surface area contributed by atoms with Crippen molar-refractivity contribution in [3.8, 4) is 0 Å². The van der Waals surface area contributed by atoms with Crippen LogP contribution in [0.4, 0.5) is 0 Å². The zero-order valence-corrected chi connectivity index (χ0v) is 8.10. The second kappa shape index (κ2) is 2.17. The number of carbonyl (C=O) groups is 2. The molecule has 0 aromatic carbocycles. The van der Waals surface area contributed by atoms with Crippen molar-refractivity contribution in [1.29, 1.82) is 0 Å². The number of hydrogen-bond acceptors (Lipinski definition) is 4. The molecule has 3 saturated heterocycles. The van der Waals surface area contributed by atoms with Gasteiger partial charge in [0.05, 0.1) is 23.5 Å². The van der Waals surface area contributed by atoms with Gasteiger partial charge in [-0.2, -0.15) is 0 Å². The third kappa shape index (κ3) is 0.726. The summed E-state index contributed by atoms with van der Waals surface area (Å²) in [6, 6.07) is 0. The second-order valence-corrected chi connectivity index (χ2v) is 5.19. The molecule has 0 aliphatic carbocycles. The molecule has 2 bridgehead atoms. The molecule has 4 atom stereocenters. The summed E-state index contributed by atoms with van der Waals surface area (Å²) < 4.78 is 5.63. The summed E-state index contributed by atoms with van der Waals surface area (Å²) in [6.45, 7) is 1.89. The van der Waals surface area contributed by atoms with Crippen LogP contribution in [0.15, 0.2) is 0 Å². The molecule has 3 aliphatic heterocycles. The summed E-state index contributed by atoms with van der Waals surface area (Å²) in [4.78, 5) is 23.2. The quantitative estimate of drug-likeness (QED) is 0.581.